The second kappa shape index (κ2) is 14.2. The number of carbonyl (C=O) groups excluding carboxylic acids is 1. The van der Waals surface area contributed by atoms with Gasteiger partial charge in [0.15, 0.2) is 0 Å². The molecule has 2 unspecified atom stereocenters. The van der Waals surface area contributed by atoms with Gasteiger partial charge in [0.05, 0.1) is 23.6 Å². The van der Waals surface area contributed by atoms with Gasteiger partial charge in [-0.2, -0.15) is 26.3 Å². The van der Waals surface area contributed by atoms with Crippen molar-refractivity contribution in [2.75, 3.05) is 19.6 Å². The number of alkyl halides is 7. The molecule has 2 atom stereocenters. The van der Waals surface area contributed by atoms with Crippen LogP contribution in [0.2, 0.25) is 0 Å². The Morgan fingerprint density at radius 1 is 0.926 bits per heavy atom. The third-order valence-corrected chi connectivity index (χ3v) is 9.36. The smallest absolute Gasteiger partial charge is 0.416 e. The maximum atomic E-state index is 15.9. The maximum Gasteiger partial charge on any atom is 0.416 e. The Morgan fingerprint density at radius 3 is 2.26 bits per heavy atom. The molecule has 0 spiro atoms. The number of aryl methyl sites for hydroxylation is 2. The van der Waals surface area contributed by atoms with Crippen LogP contribution in [0.25, 0.3) is 11.1 Å². The number of carbonyl (C=O) groups is 2. The van der Waals surface area contributed by atoms with Crippen molar-refractivity contribution in [1.29, 1.82) is 0 Å². The quantitative estimate of drug-likeness (QED) is 0.196. The first-order valence-corrected chi connectivity index (χ1v) is 16.4. The lowest BCUT2D eigenvalue weighted by atomic mass is 9.91. The fourth-order valence-corrected chi connectivity index (χ4v) is 6.79. The molecule has 8 nitrogen and oxygen atoms in total. The summed E-state index contributed by atoms with van der Waals surface area (Å²) >= 11 is 0. The monoisotopic (exact) mass is 767 g/mol. The molecule has 1 aromatic heterocycles. The van der Waals surface area contributed by atoms with Crippen LogP contribution >= 0.6 is 0 Å². The van der Waals surface area contributed by atoms with Crippen molar-refractivity contribution in [3.05, 3.63) is 116 Å². The van der Waals surface area contributed by atoms with Crippen LogP contribution in [-0.4, -0.2) is 52.3 Å². The molecule has 1 saturated heterocycles. The third-order valence-electron chi connectivity index (χ3n) is 9.36. The molecule has 6 rings (SSSR count). The van der Waals surface area contributed by atoms with E-state index in [-0.39, 0.29) is 53.7 Å². The molecule has 1 fully saturated rings. The van der Waals surface area contributed by atoms with Crippen molar-refractivity contribution in [2.45, 2.75) is 57.3 Å². The Kier molecular flexibility index (Phi) is 10.1. The van der Waals surface area contributed by atoms with Gasteiger partial charge in [-0.05, 0) is 85.0 Å². The fourth-order valence-electron chi connectivity index (χ4n) is 6.79. The Balaban J connectivity index is 1.62. The van der Waals surface area contributed by atoms with E-state index in [2.05, 4.69) is 5.32 Å². The number of benzene rings is 3. The lowest BCUT2D eigenvalue weighted by Gasteiger charge is -2.34. The summed E-state index contributed by atoms with van der Waals surface area (Å²) in [5, 5.41) is 12.1. The van der Waals surface area contributed by atoms with Gasteiger partial charge in [-0.3, -0.25) is 23.9 Å². The highest BCUT2D eigenvalue weighted by Crippen LogP contribution is 2.44. The normalized spacial score (nSPS) is 18.0. The van der Waals surface area contributed by atoms with Crippen molar-refractivity contribution in [3.8, 4) is 22.6 Å². The highest BCUT2D eigenvalue weighted by molar-refractivity contribution is 5.85. The fraction of sp³-hybridized carbons (Fsp3) is 0.324. The number of nitrogens with one attached hydrogen (secondary N) is 1. The van der Waals surface area contributed by atoms with E-state index in [0.717, 1.165) is 30.3 Å². The molecule has 3 aromatic carbocycles. The second-order valence-corrected chi connectivity index (χ2v) is 13.3. The molecule has 1 amide bonds. The number of aromatic nitrogens is 1. The van der Waals surface area contributed by atoms with Crippen LogP contribution in [0.5, 0.6) is 11.5 Å². The van der Waals surface area contributed by atoms with Crippen molar-refractivity contribution in [3.63, 3.8) is 0 Å². The van der Waals surface area contributed by atoms with Gasteiger partial charge in [0.2, 0.25) is 5.91 Å². The van der Waals surface area contributed by atoms with Gasteiger partial charge in [-0.15, -0.1) is 0 Å². The molecule has 2 aliphatic heterocycles. The molecule has 286 valence electrons. The van der Waals surface area contributed by atoms with E-state index in [1.165, 1.54) is 24.8 Å². The molecule has 0 aliphatic carbocycles. The number of hydrogen-bond acceptors (Lipinski definition) is 5. The molecule has 4 bridgehead atoms. The number of fused-ring (bicyclic) bond motifs is 6. The van der Waals surface area contributed by atoms with Gasteiger partial charge in [0.1, 0.15) is 35.3 Å². The van der Waals surface area contributed by atoms with Gasteiger partial charge >= 0.3 is 18.3 Å². The Bertz CT molecular complexity index is 2210. The number of ether oxygens (including phenoxy) is 1. The third kappa shape index (κ3) is 7.67. The first kappa shape index (κ1) is 38.4. The predicted molar refractivity (Wildman–Crippen MR) is 175 cm³/mol. The molecule has 0 saturated carbocycles. The first-order valence-electron chi connectivity index (χ1n) is 16.4. The van der Waals surface area contributed by atoms with Crippen LogP contribution < -0.4 is 15.6 Å². The number of amides is 1. The van der Waals surface area contributed by atoms with Gasteiger partial charge < -0.3 is 15.2 Å². The molecule has 17 heteroatoms. The highest BCUT2D eigenvalue weighted by Gasteiger charge is 2.38. The minimum Gasteiger partial charge on any atom is -0.481 e. The zero-order valence-corrected chi connectivity index (χ0v) is 28.3. The van der Waals surface area contributed by atoms with E-state index in [1.807, 2.05) is 0 Å². The molecule has 2 aliphatic rings. The van der Waals surface area contributed by atoms with Crippen LogP contribution in [0.4, 0.5) is 39.5 Å². The summed E-state index contributed by atoms with van der Waals surface area (Å²) in [7, 11) is 0. The van der Waals surface area contributed by atoms with Gasteiger partial charge in [-0.1, -0.05) is 0 Å². The van der Waals surface area contributed by atoms with E-state index in [0.29, 0.717) is 16.8 Å². The molecule has 54 heavy (non-hydrogen) atoms. The largest absolute Gasteiger partial charge is 0.481 e. The van der Waals surface area contributed by atoms with Crippen molar-refractivity contribution in [1.82, 2.24) is 14.8 Å². The van der Waals surface area contributed by atoms with Crippen LogP contribution in [0.3, 0.4) is 0 Å². The van der Waals surface area contributed by atoms with E-state index in [1.54, 1.807) is 0 Å². The van der Waals surface area contributed by atoms with Crippen LogP contribution in [-0.2, 0) is 28.4 Å². The predicted octanol–water partition coefficient (Wildman–Crippen LogP) is 7.67. The zero-order chi connectivity index (χ0) is 39.4. The summed E-state index contributed by atoms with van der Waals surface area (Å²) in [6.45, 7) is 2.45. The Morgan fingerprint density at radius 2 is 1.63 bits per heavy atom. The maximum absolute atomic E-state index is 15.9. The summed E-state index contributed by atoms with van der Waals surface area (Å²) in [4.78, 5) is 41.4. The number of carboxylic acid groups (broad SMARTS) is 1. The van der Waals surface area contributed by atoms with Crippen molar-refractivity contribution < 1.29 is 58.9 Å². The lowest BCUT2D eigenvalue weighted by Crippen LogP contribution is -2.49. The van der Waals surface area contributed by atoms with E-state index in [9.17, 15) is 50.2 Å². The molecule has 2 N–H and O–H groups in total. The summed E-state index contributed by atoms with van der Waals surface area (Å²) < 4.78 is 136. The number of hydrogen-bond donors (Lipinski definition) is 2. The number of rotatable bonds is 6. The molecule has 3 heterocycles. The summed E-state index contributed by atoms with van der Waals surface area (Å²) in [5.41, 5.74) is -5.66. The van der Waals surface area contributed by atoms with Crippen LogP contribution in [0.1, 0.15) is 57.4 Å². The minimum absolute atomic E-state index is 0.00483. The molecular formula is C37H30F9N3O5. The van der Waals surface area contributed by atoms with Gasteiger partial charge in [0.25, 0.3) is 5.56 Å². The number of pyridine rings is 1. The minimum atomic E-state index is -5.06. The van der Waals surface area contributed by atoms with Gasteiger partial charge in [-0.25, -0.2) is 13.2 Å². The summed E-state index contributed by atoms with van der Waals surface area (Å²) in [6, 6.07) is 2.73. The van der Waals surface area contributed by atoms with Gasteiger partial charge in [0, 0.05) is 48.6 Å². The van der Waals surface area contributed by atoms with Crippen molar-refractivity contribution in [2.24, 2.45) is 0 Å². The van der Waals surface area contributed by atoms with Crippen LogP contribution in [0, 0.1) is 25.5 Å². The highest BCUT2D eigenvalue weighted by atomic mass is 19.4. The SMILES string of the molecule is Cc1cc2cc(c1F)C(CC(=O)O)NC(=O)C(n1cc(CCN3CC(F)C3)c(C(F)(F)F)cc1=O)c1cc(ccc1F)Oc1cc(C(F)(F)F)cc(C)c1-2. The lowest BCUT2D eigenvalue weighted by molar-refractivity contribution is -0.139. The average Bonchev–Trinajstić information content (AvgIpc) is 3.04. The molecule has 0 radical (unpaired) electrons. The number of aliphatic carboxylic acids is 1. The number of carboxylic acids is 1. The topological polar surface area (TPSA) is 101 Å². The standard InChI is InChI=1S/C37H30F9N3O5/c1-17-8-21(36(41,42)43)10-29-32(17)20-7-18(2)33(40)25(9-20)28(13-31(51)52)47-35(53)34(24-11-23(54-29)3-4-27(24)39)49-14-19(5-6-48-15-22(38)16-48)26(12-30(49)50)37(44,45)46/h3-4,7-12,14,22,28,34H,5-6,13,15-16H2,1-2H3,(H,47,53)(H,51,52). The van der Waals surface area contributed by atoms with E-state index in [4.69, 9.17) is 4.74 Å². The number of likely N-dealkylation sites (tertiary alicyclic amines) is 1. The van der Waals surface area contributed by atoms with Crippen LogP contribution in [0.15, 0.2) is 59.5 Å². The van der Waals surface area contributed by atoms with E-state index < -0.39 is 106 Å². The van der Waals surface area contributed by atoms with E-state index >= 15 is 8.78 Å². The number of nitrogens with zero attached hydrogens (tertiary/aromatic N) is 2. The molecular weight excluding hydrogens is 737 g/mol. The zero-order valence-electron chi connectivity index (χ0n) is 28.3. The summed E-state index contributed by atoms with van der Waals surface area (Å²) in [6.07, 6.45) is -11.8. The molecule has 4 aromatic rings. The van der Waals surface area contributed by atoms with Crippen molar-refractivity contribution >= 4 is 11.9 Å². The second-order valence-electron chi connectivity index (χ2n) is 13.3. The average molecular weight is 768 g/mol. The number of halogens is 9. The Hall–Kier alpha value is -5.32. The summed E-state index contributed by atoms with van der Waals surface area (Å²) in [5.74, 6) is -5.92. The first-order chi connectivity index (χ1) is 25.2. The Labute approximate surface area is 300 Å².